The lowest BCUT2D eigenvalue weighted by atomic mass is 10.1. The van der Waals surface area contributed by atoms with Crippen molar-refractivity contribution >= 4 is 44.2 Å². The van der Waals surface area contributed by atoms with E-state index in [9.17, 15) is 14.0 Å². The fraction of sp³-hybridized carbons (Fsp3) is 0.231. The van der Waals surface area contributed by atoms with Crippen LogP contribution in [0.4, 0.5) is 15.2 Å². The van der Waals surface area contributed by atoms with Crippen LogP contribution in [0.25, 0.3) is 10.2 Å². The highest BCUT2D eigenvalue weighted by Crippen LogP contribution is 2.35. The molecule has 0 aliphatic carbocycles. The highest BCUT2D eigenvalue weighted by atomic mass is 32.1. The minimum Gasteiger partial charge on any atom is -0.312 e. The molecule has 4 aromatic rings. The number of aryl methyl sites for hydroxylation is 2. The molecule has 6 nitrogen and oxygen atoms in total. The smallest absolute Gasteiger partial charge is 0.234 e. The fourth-order valence-electron chi connectivity index (χ4n) is 4.19. The van der Waals surface area contributed by atoms with Crippen molar-refractivity contribution in [3.8, 4) is 0 Å². The van der Waals surface area contributed by atoms with Gasteiger partial charge in [0.05, 0.1) is 28.4 Å². The average Bonchev–Trinajstić information content (AvgIpc) is 3.45. The third kappa shape index (κ3) is 4.17. The Morgan fingerprint density at radius 2 is 1.94 bits per heavy atom. The van der Waals surface area contributed by atoms with E-state index in [0.717, 1.165) is 27.0 Å². The summed E-state index contributed by atoms with van der Waals surface area (Å²) in [5.41, 5.74) is 4.44. The zero-order valence-electron chi connectivity index (χ0n) is 18.9. The molecule has 0 saturated carbocycles. The first-order chi connectivity index (χ1) is 16.4. The van der Waals surface area contributed by atoms with Crippen molar-refractivity contribution < 1.29 is 14.0 Å². The number of hydrogen-bond donors (Lipinski definition) is 0. The first-order valence-corrected chi connectivity index (χ1v) is 11.9. The van der Waals surface area contributed by atoms with Gasteiger partial charge >= 0.3 is 0 Å². The van der Waals surface area contributed by atoms with Crippen molar-refractivity contribution in [1.82, 2.24) is 9.97 Å². The highest BCUT2D eigenvalue weighted by Gasteiger charge is 2.38. The minimum absolute atomic E-state index is 0.0952. The number of hydrogen-bond acceptors (Lipinski definition) is 5. The van der Waals surface area contributed by atoms with Gasteiger partial charge in [0, 0.05) is 24.8 Å². The third-order valence-corrected chi connectivity index (χ3v) is 7.27. The maximum Gasteiger partial charge on any atom is 0.234 e. The van der Waals surface area contributed by atoms with Crippen LogP contribution in [-0.4, -0.2) is 28.3 Å². The van der Waals surface area contributed by atoms with Gasteiger partial charge in [0.2, 0.25) is 11.8 Å². The van der Waals surface area contributed by atoms with Crippen LogP contribution in [-0.2, 0) is 16.1 Å². The van der Waals surface area contributed by atoms with Crippen molar-refractivity contribution in [2.24, 2.45) is 5.92 Å². The van der Waals surface area contributed by atoms with E-state index in [1.54, 1.807) is 28.1 Å². The highest BCUT2D eigenvalue weighted by molar-refractivity contribution is 7.22. The Bertz CT molecular complexity index is 1370. The molecule has 1 saturated heterocycles. The number of pyridine rings is 1. The maximum atomic E-state index is 13.8. The first kappa shape index (κ1) is 22.2. The molecule has 1 fully saturated rings. The minimum atomic E-state index is -0.531. The van der Waals surface area contributed by atoms with E-state index in [4.69, 9.17) is 4.98 Å². The quantitative estimate of drug-likeness (QED) is 0.407. The predicted octanol–water partition coefficient (Wildman–Crippen LogP) is 5.03. The Morgan fingerprint density at radius 1 is 1.15 bits per heavy atom. The second kappa shape index (κ2) is 8.95. The molecule has 1 aliphatic heterocycles. The molecular weight excluding hydrogens is 451 g/mol. The van der Waals surface area contributed by atoms with Crippen LogP contribution in [0.2, 0.25) is 0 Å². The van der Waals surface area contributed by atoms with Crippen molar-refractivity contribution in [1.29, 1.82) is 0 Å². The molecule has 2 amide bonds. The number of aromatic nitrogens is 2. The summed E-state index contributed by atoms with van der Waals surface area (Å²) in [5.74, 6) is -1.22. The van der Waals surface area contributed by atoms with Gasteiger partial charge in [-0.1, -0.05) is 23.5 Å². The summed E-state index contributed by atoms with van der Waals surface area (Å²) in [6.07, 6.45) is 1.79. The van der Waals surface area contributed by atoms with Crippen molar-refractivity contribution in [3.05, 3.63) is 83.4 Å². The van der Waals surface area contributed by atoms with Gasteiger partial charge in [-0.2, -0.15) is 0 Å². The molecule has 8 heteroatoms. The second-order valence-electron chi connectivity index (χ2n) is 8.48. The number of thiazole rings is 1. The average molecular weight is 475 g/mol. The van der Waals surface area contributed by atoms with Gasteiger partial charge in [0.15, 0.2) is 5.13 Å². The monoisotopic (exact) mass is 474 g/mol. The number of benzene rings is 2. The van der Waals surface area contributed by atoms with Crippen LogP contribution < -0.4 is 9.80 Å². The van der Waals surface area contributed by atoms with E-state index in [2.05, 4.69) is 11.1 Å². The third-order valence-electron chi connectivity index (χ3n) is 6.23. The molecule has 2 aromatic heterocycles. The Balaban J connectivity index is 1.48. The topological polar surface area (TPSA) is 66.4 Å². The summed E-state index contributed by atoms with van der Waals surface area (Å²) in [6.45, 7) is 4.57. The van der Waals surface area contributed by atoms with Gasteiger partial charge in [0.1, 0.15) is 5.82 Å². The Kier molecular flexibility index (Phi) is 5.83. The van der Waals surface area contributed by atoms with Crippen LogP contribution in [0.15, 0.2) is 60.8 Å². The number of halogens is 1. The number of nitrogens with zero attached hydrogens (tertiary/aromatic N) is 4. The van der Waals surface area contributed by atoms with Gasteiger partial charge in [-0.15, -0.1) is 0 Å². The van der Waals surface area contributed by atoms with Gasteiger partial charge in [-0.25, -0.2) is 9.37 Å². The van der Waals surface area contributed by atoms with E-state index in [-0.39, 0.29) is 37.1 Å². The first-order valence-electron chi connectivity index (χ1n) is 11.0. The Labute approximate surface area is 200 Å². The summed E-state index contributed by atoms with van der Waals surface area (Å²) in [7, 11) is 0. The van der Waals surface area contributed by atoms with E-state index < -0.39 is 5.92 Å². The van der Waals surface area contributed by atoms with Gasteiger partial charge in [0.25, 0.3) is 0 Å². The van der Waals surface area contributed by atoms with E-state index in [1.807, 2.05) is 38.1 Å². The normalized spacial score (nSPS) is 15.8. The molecule has 1 aliphatic rings. The molecule has 1 unspecified atom stereocenters. The number of carbonyl (C=O) groups is 2. The molecule has 3 heterocycles. The lowest BCUT2D eigenvalue weighted by molar-refractivity contribution is -0.124. The maximum absolute atomic E-state index is 13.8. The lowest BCUT2D eigenvalue weighted by Crippen LogP contribution is -2.37. The Morgan fingerprint density at radius 3 is 2.68 bits per heavy atom. The summed E-state index contributed by atoms with van der Waals surface area (Å²) in [6, 6.07) is 15.4. The van der Waals surface area contributed by atoms with E-state index >= 15 is 0 Å². The van der Waals surface area contributed by atoms with Crippen molar-refractivity contribution in [2.75, 3.05) is 16.3 Å². The molecule has 0 radical (unpaired) electrons. The lowest BCUT2D eigenvalue weighted by Gasteiger charge is -2.23. The number of carbonyl (C=O) groups excluding carboxylic acids is 2. The van der Waals surface area contributed by atoms with Gasteiger partial charge < -0.3 is 4.90 Å². The zero-order valence-corrected chi connectivity index (χ0v) is 19.7. The molecule has 34 heavy (non-hydrogen) atoms. The summed E-state index contributed by atoms with van der Waals surface area (Å²) >= 11 is 1.46. The fourth-order valence-corrected chi connectivity index (χ4v) is 5.22. The second-order valence-corrected chi connectivity index (χ2v) is 9.49. The number of anilines is 2. The van der Waals surface area contributed by atoms with Crippen LogP contribution in [0.1, 0.15) is 23.2 Å². The van der Waals surface area contributed by atoms with Gasteiger partial charge in [-0.3, -0.25) is 19.5 Å². The summed E-state index contributed by atoms with van der Waals surface area (Å²) in [4.78, 5) is 38.9. The molecule has 0 spiro atoms. The predicted molar refractivity (Wildman–Crippen MR) is 131 cm³/mol. The molecule has 1 atom stereocenters. The molecule has 2 aromatic carbocycles. The van der Waals surface area contributed by atoms with E-state index in [0.29, 0.717) is 10.8 Å². The number of amides is 2. The molecular formula is C26H23FN4O2S. The van der Waals surface area contributed by atoms with Crippen LogP contribution in [0, 0.1) is 25.6 Å². The van der Waals surface area contributed by atoms with Crippen LogP contribution >= 0.6 is 11.3 Å². The molecule has 5 rings (SSSR count). The molecule has 0 N–H and O–H groups in total. The van der Waals surface area contributed by atoms with Crippen LogP contribution in [0.5, 0.6) is 0 Å². The van der Waals surface area contributed by atoms with Gasteiger partial charge in [-0.05, 0) is 67.4 Å². The Hall–Kier alpha value is -3.65. The number of rotatable bonds is 5. The SMILES string of the molecule is Cc1ccc2sc(N(Cc3ccccn3)C(=O)C3CC(=O)N(c4ccc(F)cc4)C3)nc2c1C. The van der Waals surface area contributed by atoms with Crippen molar-refractivity contribution in [2.45, 2.75) is 26.8 Å². The zero-order chi connectivity index (χ0) is 23.8. The van der Waals surface area contributed by atoms with E-state index in [1.165, 1.54) is 23.5 Å². The van der Waals surface area contributed by atoms with Crippen LogP contribution in [0.3, 0.4) is 0 Å². The summed E-state index contributed by atoms with van der Waals surface area (Å²) in [5, 5.41) is 0.590. The largest absolute Gasteiger partial charge is 0.312 e. The summed E-state index contributed by atoms with van der Waals surface area (Å²) < 4.78 is 14.3. The standard InChI is InChI=1S/C26H23FN4O2S/c1-16-6-11-22-24(17(16)2)29-26(34-22)31(15-20-5-3-4-12-28-20)25(33)18-13-23(32)30(14-18)21-9-7-19(27)8-10-21/h3-12,18H,13-15H2,1-2H3. The van der Waals surface area contributed by atoms with Crippen molar-refractivity contribution in [3.63, 3.8) is 0 Å². The molecule has 0 bridgehead atoms. The number of fused-ring (bicyclic) bond motifs is 1. The molecule has 172 valence electrons.